The van der Waals surface area contributed by atoms with Crippen LogP contribution in [0.2, 0.25) is 0 Å². The first-order valence-electron chi connectivity index (χ1n) is 16.4. The predicted molar refractivity (Wildman–Crippen MR) is 167 cm³/mol. The van der Waals surface area contributed by atoms with E-state index in [4.69, 9.17) is 9.47 Å². The van der Waals surface area contributed by atoms with E-state index >= 15 is 0 Å². The van der Waals surface area contributed by atoms with E-state index in [1.54, 1.807) is 19.1 Å². The van der Waals surface area contributed by atoms with E-state index in [-0.39, 0.29) is 43.3 Å². The Morgan fingerprint density at radius 3 is 2.56 bits per heavy atom. The zero-order chi connectivity index (χ0) is 32.1. The summed E-state index contributed by atoms with van der Waals surface area (Å²) in [5.74, 6) is -3.18. The number of benzene rings is 1. The monoisotopic (exact) mass is 621 g/mol. The molecule has 3 saturated heterocycles. The number of aliphatic hydroxyl groups is 1. The fourth-order valence-corrected chi connectivity index (χ4v) is 7.95. The van der Waals surface area contributed by atoms with E-state index in [0.29, 0.717) is 31.4 Å². The van der Waals surface area contributed by atoms with Crippen LogP contribution in [0.4, 0.5) is 0 Å². The SMILES string of the molecule is C=CCCC(=O)NC[C@H](OC(=O)[C@@H]1[C@H]2C(=O)N([C@H](C)CO)[C@H](C(=O)N(CC=C)C3CCCCC3)[C@]23CC[C@H]1O3)c1ccccc1. The Bertz CT molecular complexity index is 1260. The number of amides is 3. The van der Waals surface area contributed by atoms with Crippen molar-refractivity contribution in [3.63, 3.8) is 0 Å². The second kappa shape index (κ2) is 14.3. The van der Waals surface area contributed by atoms with Crippen molar-refractivity contribution in [3.05, 3.63) is 61.2 Å². The molecule has 0 unspecified atom stereocenters. The lowest BCUT2D eigenvalue weighted by Gasteiger charge is -2.41. The molecule has 1 aromatic carbocycles. The van der Waals surface area contributed by atoms with Gasteiger partial charge in [0.1, 0.15) is 17.7 Å². The van der Waals surface area contributed by atoms with Crippen molar-refractivity contribution in [2.24, 2.45) is 11.8 Å². The molecule has 45 heavy (non-hydrogen) atoms. The second-order valence-electron chi connectivity index (χ2n) is 12.9. The zero-order valence-corrected chi connectivity index (χ0v) is 26.3. The minimum atomic E-state index is -1.19. The number of likely N-dealkylation sites (tertiary alicyclic amines) is 1. The summed E-state index contributed by atoms with van der Waals surface area (Å²) < 4.78 is 12.7. The van der Waals surface area contributed by atoms with Crippen molar-refractivity contribution in [3.8, 4) is 0 Å². The van der Waals surface area contributed by atoms with Gasteiger partial charge in [0.15, 0.2) is 0 Å². The maximum Gasteiger partial charge on any atom is 0.313 e. The molecule has 10 heteroatoms. The molecule has 5 rings (SSSR count). The third-order valence-corrected chi connectivity index (χ3v) is 10.1. The van der Waals surface area contributed by atoms with Gasteiger partial charge in [0, 0.05) is 19.0 Å². The maximum absolute atomic E-state index is 14.6. The Morgan fingerprint density at radius 2 is 1.89 bits per heavy atom. The van der Waals surface area contributed by atoms with Crippen molar-refractivity contribution in [1.29, 1.82) is 0 Å². The van der Waals surface area contributed by atoms with E-state index in [0.717, 1.165) is 32.1 Å². The highest BCUT2D eigenvalue weighted by molar-refractivity contribution is 5.98. The fraction of sp³-hybridized carbons (Fsp3) is 0.600. The normalized spacial score (nSPS) is 28.7. The van der Waals surface area contributed by atoms with Gasteiger partial charge in [-0.25, -0.2) is 0 Å². The van der Waals surface area contributed by atoms with E-state index < -0.39 is 47.7 Å². The third-order valence-electron chi connectivity index (χ3n) is 10.1. The summed E-state index contributed by atoms with van der Waals surface area (Å²) in [5, 5.41) is 13.1. The number of ether oxygens (including phenoxy) is 2. The summed E-state index contributed by atoms with van der Waals surface area (Å²) in [7, 11) is 0. The lowest BCUT2D eigenvalue weighted by atomic mass is 9.70. The number of aliphatic hydroxyl groups excluding tert-OH is 1. The minimum Gasteiger partial charge on any atom is -0.455 e. The predicted octanol–water partition coefficient (Wildman–Crippen LogP) is 3.46. The van der Waals surface area contributed by atoms with Crippen molar-refractivity contribution in [2.75, 3.05) is 19.7 Å². The number of nitrogens with one attached hydrogen (secondary N) is 1. The molecule has 3 aliphatic heterocycles. The average molecular weight is 622 g/mol. The highest BCUT2D eigenvalue weighted by atomic mass is 16.6. The smallest absolute Gasteiger partial charge is 0.313 e. The summed E-state index contributed by atoms with van der Waals surface area (Å²) in [6.45, 7) is 9.35. The summed E-state index contributed by atoms with van der Waals surface area (Å²) in [4.78, 5) is 58.6. The molecule has 1 aliphatic carbocycles. The molecular weight excluding hydrogens is 574 g/mol. The Hall–Kier alpha value is -3.50. The van der Waals surface area contributed by atoms with E-state index in [9.17, 15) is 24.3 Å². The Kier molecular flexibility index (Phi) is 10.4. The first-order valence-corrected chi connectivity index (χ1v) is 16.4. The number of rotatable bonds is 14. The van der Waals surface area contributed by atoms with Gasteiger partial charge in [0.2, 0.25) is 17.7 Å². The fourth-order valence-electron chi connectivity index (χ4n) is 7.95. The molecule has 244 valence electrons. The van der Waals surface area contributed by atoms with Gasteiger partial charge >= 0.3 is 5.97 Å². The molecule has 2 bridgehead atoms. The van der Waals surface area contributed by atoms with Gasteiger partial charge < -0.3 is 29.7 Å². The third kappa shape index (κ3) is 6.31. The highest BCUT2D eigenvalue weighted by Crippen LogP contribution is 2.59. The standard InChI is InChI=1S/C35H47N3O7/c1-4-6-17-28(40)36-21-27(24-13-9-7-10-14-24)44-34(43)29-26-18-19-35(45-26)30(29)32(41)38(23(3)22-39)31(35)33(42)37(20-5-2)25-15-11-8-12-16-25/h4-5,7,9-10,13-14,23,25-27,29-31,39H,1-2,6,8,11-12,15-22H2,3H3,(H,36,40)/t23-,26-,27+,29+,30+,31-,35+/m1/s1. The number of allylic oxidation sites excluding steroid dienone is 1. The van der Waals surface area contributed by atoms with Gasteiger partial charge in [-0.2, -0.15) is 0 Å². The second-order valence-corrected chi connectivity index (χ2v) is 12.9. The highest BCUT2D eigenvalue weighted by Gasteiger charge is 2.75. The number of hydrogen-bond acceptors (Lipinski definition) is 7. The Morgan fingerprint density at radius 1 is 1.16 bits per heavy atom. The number of carbonyl (C=O) groups excluding carboxylic acids is 4. The number of esters is 1. The van der Waals surface area contributed by atoms with Gasteiger partial charge in [0.05, 0.1) is 37.1 Å². The molecule has 0 aromatic heterocycles. The zero-order valence-electron chi connectivity index (χ0n) is 26.3. The van der Waals surface area contributed by atoms with Crippen LogP contribution < -0.4 is 5.32 Å². The van der Waals surface area contributed by atoms with E-state index in [1.807, 2.05) is 35.2 Å². The lowest BCUT2D eigenvalue weighted by Crippen LogP contribution is -2.60. The number of fused-ring (bicyclic) bond motifs is 1. The van der Waals surface area contributed by atoms with Crippen molar-refractivity contribution >= 4 is 23.7 Å². The van der Waals surface area contributed by atoms with Gasteiger partial charge in [-0.3, -0.25) is 19.2 Å². The lowest BCUT2D eigenvalue weighted by molar-refractivity contribution is -0.161. The number of hydrogen-bond donors (Lipinski definition) is 2. The molecule has 10 nitrogen and oxygen atoms in total. The van der Waals surface area contributed by atoms with Crippen LogP contribution in [0.5, 0.6) is 0 Å². The van der Waals surface area contributed by atoms with Crippen LogP contribution in [-0.2, 0) is 28.7 Å². The molecule has 3 heterocycles. The Labute approximate surface area is 265 Å². The maximum atomic E-state index is 14.6. The van der Waals surface area contributed by atoms with Gasteiger partial charge in [0.25, 0.3) is 0 Å². The van der Waals surface area contributed by atoms with E-state index in [1.165, 1.54) is 4.90 Å². The van der Waals surface area contributed by atoms with Crippen LogP contribution in [0.3, 0.4) is 0 Å². The van der Waals surface area contributed by atoms with E-state index in [2.05, 4.69) is 18.5 Å². The molecule has 1 spiro atoms. The van der Waals surface area contributed by atoms with Crippen LogP contribution in [0.1, 0.15) is 76.4 Å². The van der Waals surface area contributed by atoms with Crippen LogP contribution >= 0.6 is 0 Å². The molecule has 4 fully saturated rings. The van der Waals surface area contributed by atoms with Crippen molar-refractivity contribution < 1.29 is 33.8 Å². The summed E-state index contributed by atoms with van der Waals surface area (Å²) >= 11 is 0. The van der Waals surface area contributed by atoms with Crippen LogP contribution in [0, 0.1) is 11.8 Å². The first kappa shape index (κ1) is 32.9. The van der Waals surface area contributed by atoms with Gasteiger partial charge in [-0.15, -0.1) is 13.2 Å². The first-order chi connectivity index (χ1) is 21.8. The Balaban J connectivity index is 1.43. The largest absolute Gasteiger partial charge is 0.455 e. The number of nitrogens with zero attached hydrogens (tertiary/aromatic N) is 2. The van der Waals surface area contributed by atoms with Crippen molar-refractivity contribution in [2.45, 2.75) is 101 Å². The summed E-state index contributed by atoms with van der Waals surface area (Å²) in [6.07, 6.45) is 8.76. The molecule has 3 amide bonds. The molecule has 4 aliphatic rings. The molecule has 1 saturated carbocycles. The molecule has 2 N–H and O–H groups in total. The van der Waals surface area contributed by atoms with Crippen LogP contribution in [0.15, 0.2) is 55.6 Å². The van der Waals surface area contributed by atoms with Crippen LogP contribution in [0.25, 0.3) is 0 Å². The van der Waals surface area contributed by atoms with Crippen LogP contribution in [-0.4, -0.2) is 88.1 Å². The molecular formula is C35H47N3O7. The number of carbonyl (C=O) groups is 4. The van der Waals surface area contributed by atoms with Crippen molar-refractivity contribution in [1.82, 2.24) is 15.1 Å². The quantitative estimate of drug-likeness (QED) is 0.241. The van der Waals surface area contributed by atoms with Gasteiger partial charge in [-0.1, -0.05) is 61.7 Å². The van der Waals surface area contributed by atoms with Gasteiger partial charge in [-0.05, 0) is 44.6 Å². The molecule has 7 atom stereocenters. The summed E-state index contributed by atoms with van der Waals surface area (Å²) in [6, 6.07) is 7.59. The average Bonchev–Trinajstić information content (AvgIpc) is 3.72. The molecule has 0 radical (unpaired) electrons. The molecule has 1 aromatic rings. The minimum absolute atomic E-state index is 0.0359. The topological polar surface area (TPSA) is 125 Å². The summed E-state index contributed by atoms with van der Waals surface area (Å²) in [5.41, 5.74) is -0.483.